The lowest BCUT2D eigenvalue weighted by Gasteiger charge is -2.20. The number of hydrogen-bond donors (Lipinski definition) is 2. The van der Waals surface area contributed by atoms with Gasteiger partial charge in [0.1, 0.15) is 0 Å². The van der Waals surface area contributed by atoms with E-state index in [1.165, 1.54) is 7.05 Å². The van der Waals surface area contributed by atoms with E-state index in [1.807, 2.05) is 0 Å². The lowest BCUT2D eigenvalue weighted by Crippen LogP contribution is -2.47. The minimum absolute atomic E-state index is 0.0851. The van der Waals surface area contributed by atoms with Crippen molar-refractivity contribution in [2.24, 2.45) is 11.7 Å². The zero-order valence-electron chi connectivity index (χ0n) is 11.3. The maximum Gasteiger partial charge on any atom is 0.390 e. The van der Waals surface area contributed by atoms with Crippen molar-refractivity contribution in [3.8, 4) is 0 Å². The number of nitrogens with one attached hydrogen (secondary N) is 1. The maximum absolute atomic E-state index is 12.0. The molecule has 5 nitrogen and oxygen atoms in total. The van der Waals surface area contributed by atoms with Crippen LogP contribution in [0.15, 0.2) is 0 Å². The highest BCUT2D eigenvalue weighted by Gasteiger charge is 2.28. The van der Waals surface area contributed by atoms with E-state index in [0.29, 0.717) is 0 Å². The predicted octanol–water partition coefficient (Wildman–Crippen LogP) is 0.497. The Labute approximate surface area is 110 Å². The Morgan fingerprint density at radius 2 is 1.84 bits per heavy atom. The van der Waals surface area contributed by atoms with Gasteiger partial charge in [-0.1, -0.05) is 13.8 Å². The normalized spacial score (nSPS) is 13.3. The molecule has 0 aliphatic rings. The van der Waals surface area contributed by atoms with Crippen molar-refractivity contribution in [2.75, 3.05) is 20.1 Å². The number of nitrogens with two attached hydrogens (primary N) is 1. The second-order valence-corrected chi connectivity index (χ2v) is 4.67. The van der Waals surface area contributed by atoms with Crippen molar-refractivity contribution in [2.45, 2.75) is 32.5 Å². The summed E-state index contributed by atoms with van der Waals surface area (Å²) in [6, 6.07) is -0.742. The van der Waals surface area contributed by atoms with E-state index in [4.69, 9.17) is 5.73 Å². The maximum atomic E-state index is 12.0. The minimum atomic E-state index is -4.31. The van der Waals surface area contributed by atoms with Gasteiger partial charge in [-0.25, -0.2) is 0 Å². The van der Waals surface area contributed by atoms with E-state index in [9.17, 15) is 22.8 Å². The minimum Gasteiger partial charge on any atom is -0.346 e. The quantitative estimate of drug-likeness (QED) is 0.745. The average Bonchev–Trinajstić information content (AvgIpc) is 2.30. The summed E-state index contributed by atoms with van der Waals surface area (Å²) in [5.41, 5.74) is 5.55. The molecule has 2 amide bonds. The topological polar surface area (TPSA) is 75.4 Å². The van der Waals surface area contributed by atoms with Crippen LogP contribution in [0.1, 0.15) is 20.3 Å². The van der Waals surface area contributed by atoms with Gasteiger partial charge in [-0.3, -0.25) is 9.59 Å². The zero-order chi connectivity index (χ0) is 15.2. The third-order valence-corrected chi connectivity index (χ3v) is 2.59. The Morgan fingerprint density at radius 1 is 1.32 bits per heavy atom. The van der Waals surface area contributed by atoms with Gasteiger partial charge < -0.3 is 16.0 Å². The highest BCUT2D eigenvalue weighted by Crippen LogP contribution is 2.19. The molecule has 0 radical (unpaired) electrons. The smallest absolute Gasteiger partial charge is 0.346 e. The Kier molecular flexibility index (Phi) is 6.82. The summed E-state index contributed by atoms with van der Waals surface area (Å²) in [7, 11) is 1.25. The van der Waals surface area contributed by atoms with Crippen molar-refractivity contribution in [3.63, 3.8) is 0 Å². The standard InChI is InChI=1S/C11H20F3N3O2/c1-7(2)9(15)10(19)16-6-8(18)17(3)5-4-11(12,13)14/h7,9H,4-6,15H2,1-3H3,(H,16,19)/t9-/m0/s1. The van der Waals surface area contributed by atoms with E-state index in [-0.39, 0.29) is 12.5 Å². The van der Waals surface area contributed by atoms with Crippen LogP contribution in [0, 0.1) is 5.92 Å². The first-order valence-electron chi connectivity index (χ1n) is 5.88. The van der Waals surface area contributed by atoms with Crippen molar-refractivity contribution in [3.05, 3.63) is 0 Å². The molecule has 0 heterocycles. The van der Waals surface area contributed by atoms with Crippen molar-refractivity contribution < 1.29 is 22.8 Å². The molecule has 0 unspecified atom stereocenters. The summed E-state index contributed by atoms with van der Waals surface area (Å²) in [4.78, 5) is 23.8. The van der Waals surface area contributed by atoms with Crippen LogP contribution < -0.4 is 11.1 Å². The summed E-state index contributed by atoms with van der Waals surface area (Å²) < 4.78 is 35.9. The Bertz CT molecular complexity index is 319. The molecule has 8 heteroatoms. The molecular formula is C11H20F3N3O2. The average molecular weight is 283 g/mol. The molecule has 0 aromatic heterocycles. The third kappa shape index (κ3) is 7.66. The number of halogens is 3. The molecular weight excluding hydrogens is 263 g/mol. The second kappa shape index (κ2) is 7.32. The van der Waals surface area contributed by atoms with Gasteiger partial charge in [0.05, 0.1) is 19.0 Å². The van der Waals surface area contributed by atoms with Gasteiger partial charge in [0.2, 0.25) is 11.8 Å². The molecule has 0 rings (SSSR count). The number of amides is 2. The molecule has 3 N–H and O–H groups in total. The van der Waals surface area contributed by atoms with Gasteiger partial charge in [0.25, 0.3) is 0 Å². The highest BCUT2D eigenvalue weighted by atomic mass is 19.4. The second-order valence-electron chi connectivity index (χ2n) is 4.67. The largest absolute Gasteiger partial charge is 0.390 e. The van der Waals surface area contributed by atoms with Gasteiger partial charge in [-0.05, 0) is 5.92 Å². The van der Waals surface area contributed by atoms with Gasteiger partial charge in [-0.15, -0.1) is 0 Å². The first kappa shape index (κ1) is 17.7. The molecule has 19 heavy (non-hydrogen) atoms. The Hall–Kier alpha value is -1.31. The van der Waals surface area contributed by atoms with Crippen molar-refractivity contribution in [1.82, 2.24) is 10.2 Å². The van der Waals surface area contributed by atoms with E-state index < -0.39 is 37.0 Å². The number of carbonyl (C=O) groups excluding carboxylic acids is 2. The molecule has 0 aromatic carbocycles. The van der Waals surface area contributed by atoms with Gasteiger partial charge >= 0.3 is 6.18 Å². The summed E-state index contributed by atoms with van der Waals surface area (Å²) in [5.74, 6) is -1.17. The summed E-state index contributed by atoms with van der Waals surface area (Å²) in [6.45, 7) is 2.71. The number of nitrogens with zero attached hydrogens (tertiary/aromatic N) is 1. The molecule has 0 aliphatic carbocycles. The molecule has 112 valence electrons. The Morgan fingerprint density at radius 3 is 2.26 bits per heavy atom. The van der Waals surface area contributed by atoms with E-state index in [1.54, 1.807) is 13.8 Å². The van der Waals surface area contributed by atoms with E-state index in [0.717, 1.165) is 4.90 Å². The van der Waals surface area contributed by atoms with E-state index >= 15 is 0 Å². The van der Waals surface area contributed by atoms with Gasteiger partial charge in [0, 0.05) is 13.6 Å². The van der Waals surface area contributed by atoms with Gasteiger partial charge in [0.15, 0.2) is 0 Å². The number of rotatable bonds is 6. The lowest BCUT2D eigenvalue weighted by atomic mass is 10.1. The monoisotopic (exact) mass is 283 g/mol. The number of alkyl halides is 3. The zero-order valence-corrected chi connectivity index (χ0v) is 11.3. The molecule has 0 aromatic rings. The molecule has 0 bridgehead atoms. The molecule has 0 saturated carbocycles. The molecule has 0 aliphatic heterocycles. The van der Waals surface area contributed by atoms with Crippen LogP contribution in [0.5, 0.6) is 0 Å². The fourth-order valence-corrected chi connectivity index (χ4v) is 1.14. The van der Waals surface area contributed by atoms with Crippen LogP contribution in [-0.4, -0.2) is 49.1 Å². The Balaban J connectivity index is 4.07. The highest BCUT2D eigenvalue weighted by molar-refractivity contribution is 5.87. The first-order valence-corrected chi connectivity index (χ1v) is 5.88. The molecule has 0 saturated heterocycles. The summed E-state index contributed by atoms with van der Waals surface area (Å²) in [6.07, 6.45) is -5.38. The van der Waals surface area contributed by atoms with Crippen LogP contribution in [0.3, 0.4) is 0 Å². The van der Waals surface area contributed by atoms with Crippen LogP contribution >= 0.6 is 0 Å². The van der Waals surface area contributed by atoms with Crippen molar-refractivity contribution >= 4 is 11.8 Å². The SMILES string of the molecule is CC(C)[C@H](N)C(=O)NCC(=O)N(C)CCC(F)(F)F. The fraction of sp³-hybridized carbons (Fsp3) is 0.818. The summed E-state index contributed by atoms with van der Waals surface area (Å²) in [5, 5.41) is 2.31. The molecule has 0 fully saturated rings. The van der Waals surface area contributed by atoms with Crippen LogP contribution in [0.25, 0.3) is 0 Å². The lowest BCUT2D eigenvalue weighted by molar-refractivity contribution is -0.144. The van der Waals surface area contributed by atoms with Gasteiger partial charge in [-0.2, -0.15) is 13.2 Å². The predicted molar refractivity (Wildman–Crippen MR) is 64.1 cm³/mol. The fourth-order valence-electron chi connectivity index (χ4n) is 1.14. The number of carbonyl (C=O) groups is 2. The number of likely N-dealkylation sites (N-methyl/N-ethyl adjacent to an activating group) is 1. The van der Waals surface area contributed by atoms with Crippen LogP contribution in [0.2, 0.25) is 0 Å². The van der Waals surface area contributed by atoms with Crippen molar-refractivity contribution in [1.29, 1.82) is 0 Å². The van der Waals surface area contributed by atoms with Crippen LogP contribution in [-0.2, 0) is 9.59 Å². The molecule has 1 atom stereocenters. The van der Waals surface area contributed by atoms with E-state index in [2.05, 4.69) is 5.32 Å². The summed E-state index contributed by atoms with van der Waals surface area (Å²) >= 11 is 0. The number of hydrogen-bond acceptors (Lipinski definition) is 3. The molecule has 0 spiro atoms. The third-order valence-electron chi connectivity index (χ3n) is 2.59. The first-order chi connectivity index (χ1) is 8.54. The van der Waals surface area contributed by atoms with Crippen LogP contribution in [0.4, 0.5) is 13.2 Å².